The highest BCUT2D eigenvalue weighted by Crippen LogP contribution is 2.32. The molecule has 0 saturated carbocycles. The molecule has 2 aromatic carbocycles. The van der Waals surface area contributed by atoms with Crippen LogP contribution in [-0.2, 0) is 16.4 Å². The largest absolute Gasteiger partial charge is 0.454 e. The number of nitrogens with one attached hydrogen (secondary N) is 1. The fourth-order valence-electron chi connectivity index (χ4n) is 2.46. The number of nitro benzene ring substituents is 1. The zero-order valence-corrected chi connectivity index (χ0v) is 14.2. The number of nitro groups is 1. The van der Waals surface area contributed by atoms with Crippen molar-refractivity contribution >= 4 is 15.7 Å². The maximum atomic E-state index is 12.3. The first-order valence-electron chi connectivity index (χ1n) is 7.50. The third kappa shape index (κ3) is 3.72. The summed E-state index contributed by atoms with van der Waals surface area (Å²) in [5, 5.41) is 11.0. The second kappa shape index (κ2) is 6.69. The van der Waals surface area contributed by atoms with E-state index in [1.54, 1.807) is 19.1 Å². The highest BCUT2D eigenvalue weighted by molar-refractivity contribution is 7.89. The second-order valence-electron chi connectivity index (χ2n) is 5.54. The SMILES string of the molecule is Cc1ccc(S(=O)(=O)NCCc2ccc3c(c2)OCO3)cc1[N+](=O)[O-]. The number of hydrogen-bond acceptors (Lipinski definition) is 6. The zero-order valence-electron chi connectivity index (χ0n) is 13.4. The first-order valence-corrected chi connectivity index (χ1v) is 8.98. The van der Waals surface area contributed by atoms with E-state index in [4.69, 9.17) is 9.47 Å². The van der Waals surface area contributed by atoms with Crippen LogP contribution in [0.5, 0.6) is 11.5 Å². The van der Waals surface area contributed by atoms with E-state index in [0.29, 0.717) is 23.5 Å². The molecule has 25 heavy (non-hydrogen) atoms. The highest BCUT2D eigenvalue weighted by atomic mass is 32.2. The Morgan fingerprint density at radius 3 is 2.68 bits per heavy atom. The van der Waals surface area contributed by atoms with Gasteiger partial charge in [0.05, 0.1) is 9.82 Å². The molecule has 0 aromatic heterocycles. The number of ether oxygens (including phenoxy) is 2. The lowest BCUT2D eigenvalue weighted by Gasteiger charge is -2.08. The predicted octanol–water partition coefficient (Wildman–Crippen LogP) is 2.15. The predicted molar refractivity (Wildman–Crippen MR) is 89.3 cm³/mol. The van der Waals surface area contributed by atoms with E-state index < -0.39 is 14.9 Å². The molecule has 0 amide bonds. The van der Waals surface area contributed by atoms with Gasteiger partial charge in [0.1, 0.15) is 0 Å². The molecule has 9 heteroatoms. The summed E-state index contributed by atoms with van der Waals surface area (Å²) in [6, 6.07) is 9.25. The quantitative estimate of drug-likeness (QED) is 0.621. The molecule has 1 aliphatic heterocycles. The van der Waals surface area contributed by atoms with Crippen molar-refractivity contribution in [1.29, 1.82) is 0 Å². The van der Waals surface area contributed by atoms with Gasteiger partial charge in [-0.25, -0.2) is 13.1 Å². The molecule has 0 radical (unpaired) electrons. The first kappa shape index (κ1) is 17.2. The minimum atomic E-state index is -3.83. The molecule has 132 valence electrons. The summed E-state index contributed by atoms with van der Waals surface area (Å²) in [5.41, 5.74) is 1.07. The van der Waals surface area contributed by atoms with E-state index in [1.165, 1.54) is 12.1 Å². The van der Waals surface area contributed by atoms with E-state index in [1.807, 2.05) is 6.07 Å². The van der Waals surface area contributed by atoms with Crippen LogP contribution in [0.3, 0.4) is 0 Å². The summed E-state index contributed by atoms with van der Waals surface area (Å²) in [6.07, 6.45) is 0.448. The average Bonchev–Trinajstić information content (AvgIpc) is 3.02. The number of aryl methyl sites for hydroxylation is 1. The van der Waals surface area contributed by atoms with Gasteiger partial charge in [0.15, 0.2) is 11.5 Å². The third-order valence-corrected chi connectivity index (χ3v) is 5.29. The number of nitrogens with zero attached hydrogens (tertiary/aromatic N) is 1. The Morgan fingerprint density at radius 2 is 1.92 bits per heavy atom. The minimum absolute atomic E-state index is 0.129. The molecule has 1 N–H and O–H groups in total. The summed E-state index contributed by atoms with van der Waals surface area (Å²) in [7, 11) is -3.83. The van der Waals surface area contributed by atoms with E-state index in [2.05, 4.69) is 4.72 Å². The van der Waals surface area contributed by atoms with E-state index >= 15 is 0 Å². The van der Waals surface area contributed by atoms with Gasteiger partial charge >= 0.3 is 0 Å². The van der Waals surface area contributed by atoms with Gasteiger partial charge in [0.2, 0.25) is 16.8 Å². The Balaban J connectivity index is 1.68. The lowest BCUT2D eigenvalue weighted by molar-refractivity contribution is -0.385. The molecule has 1 aliphatic rings. The summed E-state index contributed by atoms with van der Waals surface area (Å²) < 4.78 is 37.6. The van der Waals surface area contributed by atoms with Crippen molar-refractivity contribution in [3.05, 3.63) is 57.6 Å². The Labute approximate surface area is 144 Å². The summed E-state index contributed by atoms with van der Waals surface area (Å²) in [6.45, 7) is 1.89. The molecule has 2 aromatic rings. The summed E-state index contributed by atoms with van der Waals surface area (Å²) >= 11 is 0. The van der Waals surface area contributed by atoms with Crippen molar-refractivity contribution in [2.75, 3.05) is 13.3 Å². The lowest BCUT2D eigenvalue weighted by atomic mass is 10.1. The smallest absolute Gasteiger partial charge is 0.273 e. The van der Waals surface area contributed by atoms with Crippen LogP contribution in [0.25, 0.3) is 0 Å². The van der Waals surface area contributed by atoms with Crippen LogP contribution in [0.1, 0.15) is 11.1 Å². The molecule has 3 rings (SSSR count). The molecule has 1 heterocycles. The highest BCUT2D eigenvalue weighted by Gasteiger charge is 2.19. The topological polar surface area (TPSA) is 108 Å². The van der Waals surface area contributed by atoms with Crippen molar-refractivity contribution in [2.45, 2.75) is 18.2 Å². The van der Waals surface area contributed by atoms with Gasteiger partial charge in [-0.2, -0.15) is 0 Å². The van der Waals surface area contributed by atoms with Crippen LogP contribution in [0.15, 0.2) is 41.3 Å². The van der Waals surface area contributed by atoms with Crippen molar-refractivity contribution in [3.8, 4) is 11.5 Å². The van der Waals surface area contributed by atoms with Gasteiger partial charge in [-0.05, 0) is 37.1 Å². The van der Waals surface area contributed by atoms with E-state index in [0.717, 1.165) is 11.6 Å². The monoisotopic (exact) mass is 364 g/mol. The Morgan fingerprint density at radius 1 is 1.16 bits per heavy atom. The number of sulfonamides is 1. The molecule has 0 saturated heterocycles. The number of rotatable bonds is 6. The molecule has 0 bridgehead atoms. The number of fused-ring (bicyclic) bond motifs is 1. The third-order valence-electron chi connectivity index (χ3n) is 3.83. The molecule has 8 nitrogen and oxygen atoms in total. The maximum Gasteiger partial charge on any atom is 0.273 e. The average molecular weight is 364 g/mol. The van der Waals surface area contributed by atoms with Gasteiger partial charge in [-0.3, -0.25) is 10.1 Å². The maximum absolute atomic E-state index is 12.3. The summed E-state index contributed by atoms with van der Waals surface area (Å²) in [4.78, 5) is 10.2. The fraction of sp³-hybridized carbons (Fsp3) is 0.250. The van der Waals surface area contributed by atoms with Crippen molar-refractivity contribution in [3.63, 3.8) is 0 Å². The van der Waals surface area contributed by atoms with Crippen molar-refractivity contribution in [2.24, 2.45) is 0 Å². The van der Waals surface area contributed by atoms with Crippen LogP contribution in [0.4, 0.5) is 5.69 Å². The van der Waals surface area contributed by atoms with Gasteiger partial charge in [0.25, 0.3) is 5.69 Å². The number of hydrogen-bond donors (Lipinski definition) is 1. The molecular weight excluding hydrogens is 348 g/mol. The molecular formula is C16H16N2O6S. The Hall–Kier alpha value is -2.65. The van der Waals surface area contributed by atoms with Crippen molar-refractivity contribution in [1.82, 2.24) is 4.72 Å². The van der Waals surface area contributed by atoms with Gasteiger partial charge in [-0.1, -0.05) is 12.1 Å². The Kier molecular flexibility index (Phi) is 4.60. The fourth-order valence-corrected chi connectivity index (χ4v) is 3.51. The zero-order chi connectivity index (χ0) is 18.0. The summed E-state index contributed by atoms with van der Waals surface area (Å²) in [5.74, 6) is 1.30. The molecule has 0 unspecified atom stereocenters. The Bertz CT molecular complexity index is 926. The molecule has 0 aliphatic carbocycles. The minimum Gasteiger partial charge on any atom is -0.454 e. The van der Waals surface area contributed by atoms with Crippen LogP contribution in [0.2, 0.25) is 0 Å². The van der Waals surface area contributed by atoms with Crippen LogP contribution >= 0.6 is 0 Å². The van der Waals surface area contributed by atoms with Gasteiger partial charge < -0.3 is 9.47 Å². The van der Waals surface area contributed by atoms with Crippen molar-refractivity contribution < 1.29 is 22.8 Å². The van der Waals surface area contributed by atoms with Gasteiger partial charge in [-0.15, -0.1) is 0 Å². The number of benzene rings is 2. The molecule has 0 fully saturated rings. The van der Waals surface area contributed by atoms with Crippen LogP contribution < -0.4 is 14.2 Å². The lowest BCUT2D eigenvalue weighted by Crippen LogP contribution is -2.26. The van der Waals surface area contributed by atoms with Crippen LogP contribution in [0, 0.1) is 17.0 Å². The van der Waals surface area contributed by atoms with Crippen LogP contribution in [-0.4, -0.2) is 26.7 Å². The van der Waals surface area contributed by atoms with E-state index in [9.17, 15) is 18.5 Å². The standard InChI is InChI=1S/C16H16N2O6S/c1-11-2-4-13(9-14(11)18(19)20)25(21,22)17-7-6-12-3-5-15-16(8-12)24-10-23-15/h2-5,8-9,17H,6-7,10H2,1H3. The van der Waals surface area contributed by atoms with Gasteiger partial charge in [0, 0.05) is 18.2 Å². The molecule has 0 atom stereocenters. The second-order valence-corrected chi connectivity index (χ2v) is 7.31. The molecule has 0 spiro atoms. The normalized spacial score (nSPS) is 13.0. The first-order chi connectivity index (χ1) is 11.9. The van der Waals surface area contributed by atoms with E-state index in [-0.39, 0.29) is 23.9 Å².